The summed E-state index contributed by atoms with van der Waals surface area (Å²) in [5.41, 5.74) is 0.480. The maximum absolute atomic E-state index is 12.4. The number of halogens is 1. The monoisotopic (exact) mass is 480 g/mol. The van der Waals surface area contributed by atoms with E-state index in [1.807, 2.05) is 0 Å². The van der Waals surface area contributed by atoms with Crippen LogP contribution in [0.25, 0.3) is 0 Å². The number of carbonyl (C=O) groups is 1. The van der Waals surface area contributed by atoms with Crippen molar-refractivity contribution in [3.8, 4) is 5.75 Å². The van der Waals surface area contributed by atoms with Gasteiger partial charge in [-0.1, -0.05) is 28.9 Å². The lowest BCUT2D eigenvalue weighted by atomic mass is 10.3. The number of nitrogens with zero attached hydrogens (tertiary/aromatic N) is 1. The van der Waals surface area contributed by atoms with E-state index in [9.17, 15) is 13.2 Å². The molecule has 3 rings (SSSR count). The number of para-hydroxylation sites is 1. The topological polar surface area (TPSA) is 123 Å². The molecule has 31 heavy (non-hydrogen) atoms. The highest BCUT2D eigenvalue weighted by molar-refractivity contribution is 7.92. The second-order valence-corrected chi connectivity index (χ2v) is 8.67. The van der Waals surface area contributed by atoms with Crippen LogP contribution in [0.15, 0.2) is 64.0 Å². The van der Waals surface area contributed by atoms with E-state index in [2.05, 4.69) is 20.5 Å². The molecule has 1 amide bonds. The number of sulfonamides is 1. The average molecular weight is 481 g/mol. The Balaban J connectivity index is 1.52. The molecule has 0 saturated carbocycles. The Kier molecular flexibility index (Phi) is 7.10. The molecule has 0 saturated heterocycles. The number of amides is 1. The van der Waals surface area contributed by atoms with Gasteiger partial charge < -0.3 is 14.6 Å². The molecule has 0 fully saturated rings. The summed E-state index contributed by atoms with van der Waals surface area (Å²) >= 11 is 11.1. The van der Waals surface area contributed by atoms with E-state index in [-0.39, 0.29) is 22.4 Å². The third kappa shape index (κ3) is 6.41. The fourth-order valence-corrected chi connectivity index (χ4v) is 3.76. The minimum Gasteiger partial charge on any atom is -0.482 e. The molecule has 0 spiro atoms. The highest BCUT2D eigenvalue weighted by Gasteiger charge is 2.16. The van der Waals surface area contributed by atoms with Crippen molar-refractivity contribution >= 4 is 56.4 Å². The van der Waals surface area contributed by atoms with Crippen LogP contribution < -0.4 is 20.1 Å². The second kappa shape index (κ2) is 9.77. The number of nitrogens with one attached hydrogen (secondary N) is 3. The van der Waals surface area contributed by atoms with Crippen LogP contribution >= 0.6 is 23.8 Å². The summed E-state index contributed by atoms with van der Waals surface area (Å²) in [5.74, 6) is 0.459. The average Bonchev–Trinajstić information content (AvgIpc) is 3.11. The zero-order chi connectivity index (χ0) is 22.4. The third-order valence-corrected chi connectivity index (χ3v) is 5.62. The molecule has 0 aliphatic rings. The van der Waals surface area contributed by atoms with Crippen molar-refractivity contribution < 1.29 is 22.5 Å². The van der Waals surface area contributed by atoms with Crippen LogP contribution in [0.5, 0.6) is 5.75 Å². The lowest BCUT2D eigenvalue weighted by Crippen LogP contribution is -2.37. The van der Waals surface area contributed by atoms with Gasteiger partial charge >= 0.3 is 0 Å². The van der Waals surface area contributed by atoms with Gasteiger partial charge in [0.1, 0.15) is 11.5 Å². The molecule has 0 bridgehead atoms. The summed E-state index contributed by atoms with van der Waals surface area (Å²) in [5, 5.41) is 9.26. The number of ether oxygens (including phenoxy) is 1. The van der Waals surface area contributed by atoms with E-state index < -0.39 is 15.9 Å². The van der Waals surface area contributed by atoms with Gasteiger partial charge in [0.15, 0.2) is 17.5 Å². The Labute approximate surface area is 188 Å². The molecule has 3 aromatic rings. The van der Waals surface area contributed by atoms with Crippen LogP contribution in [0.1, 0.15) is 5.76 Å². The fourth-order valence-electron chi connectivity index (χ4n) is 2.36. The summed E-state index contributed by atoms with van der Waals surface area (Å²) in [4.78, 5) is 12.0. The van der Waals surface area contributed by atoms with Crippen molar-refractivity contribution in [3.63, 3.8) is 0 Å². The SMILES string of the molecule is Cc1cc(NS(=O)(=O)c2ccc(NC(=S)NC(=O)COc3ccccc3Cl)cc2)no1. The number of anilines is 2. The van der Waals surface area contributed by atoms with Crippen molar-refractivity contribution in [1.82, 2.24) is 10.5 Å². The summed E-state index contributed by atoms with van der Waals surface area (Å²) in [7, 11) is -3.83. The van der Waals surface area contributed by atoms with Crippen molar-refractivity contribution in [2.75, 3.05) is 16.6 Å². The largest absolute Gasteiger partial charge is 0.482 e. The van der Waals surface area contributed by atoms with Gasteiger partial charge in [0, 0.05) is 11.8 Å². The predicted octanol–water partition coefficient (Wildman–Crippen LogP) is 3.33. The first kappa shape index (κ1) is 22.5. The first-order chi connectivity index (χ1) is 14.7. The molecule has 0 atom stereocenters. The zero-order valence-electron chi connectivity index (χ0n) is 16.1. The maximum Gasteiger partial charge on any atom is 0.264 e. The summed E-state index contributed by atoms with van der Waals surface area (Å²) < 4.78 is 37.3. The number of hydrogen-bond donors (Lipinski definition) is 3. The van der Waals surface area contributed by atoms with E-state index >= 15 is 0 Å². The van der Waals surface area contributed by atoms with Crippen LogP contribution in [0, 0.1) is 6.92 Å². The standard InChI is InChI=1S/C19H17ClN4O5S2/c1-12-10-17(23-29-12)24-31(26,27)14-8-6-13(7-9-14)21-19(30)22-18(25)11-28-16-5-3-2-4-15(16)20/h2-10H,11H2,1H3,(H,23,24)(H2,21,22,25,30). The Morgan fingerprint density at radius 3 is 2.55 bits per heavy atom. The van der Waals surface area contributed by atoms with Gasteiger partial charge in [0.25, 0.3) is 15.9 Å². The molecule has 1 aromatic heterocycles. The van der Waals surface area contributed by atoms with E-state index in [4.69, 9.17) is 33.1 Å². The summed E-state index contributed by atoms with van der Waals surface area (Å²) in [6.07, 6.45) is 0. The van der Waals surface area contributed by atoms with Crippen molar-refractivity contribution in [2.45, 2.75) is 11.8 Å². The Morgan fingerprint density at radius 1 is 1.19 bits per heavy atom. The van der Waals surface area contributed by atoms with Gasteiger partial charge in [-0.15, -0.1) is 0 Å². The number of hydrogen-bond acceptors (Lipinski definition) is 7. The van der Waals surface area contributed by atoms with Crippen molar-refractivity contribution in [3.05, 3.63) is 65.4 Å². The number of aryl methyl sites for hydroxylation is 1. The predicted molar refractivity (Wildman–Crippen MR) is 120 cm³/mol. The number of aromatic nitrogens is 1. The smallest absolute Gasteiger partial charge is 0.264 e. The molecule has 162 valence electrons. The molecule has 9 nitrogen and oxygen atoms in total. The first-order valence-corrected chi connectivity index (χ1v) is 11.0. The van der Waals surface area contributed by atoms with E-state index in [0.717, 1.165) is 0 Å². The quantitative estimate of drug-likeness (QED) is 0.440. The highest BCUT2D eigenvalue weighted by atomic mass is 35.5. The molecular formula is C19H17ClN4O5S2. The van der Waals surface area contributed by atoms with Gasteiger partial charge in [-0.25, -0.2) is 8.42 Å². The van der Waals surface area contributed by atoms with Crippen LogP contribution in [-0.2, 0) is 14.8 Å². The molecule has 0 unspecified atom stereocenters. The molecular weight excluding hydrogens is 464 g/mol. The van der Waals surface area contributed by atoms with Crippen LogP contribution in [0.3, 0.4) is 0 Å². The summed E-state index contributed by atoms with van der Waals surface area (Å²) in [6, 6.07) is 14.0. The van der Waals surface area contributed by atoms with E-state index in [1.54, 1.807) is 31.2 Å². The van der Waals surface area contributed by atoms with Gasteiger partial charge in [0.05, 0.1) is 9.92 Å². The number of benzene rings is 2. The number of thiocarbonyl (C=S) groups is 1. The van der Waals surface area contributed by atoms with Crippen LogP contribution in [-0.4, -0.2) is 31.2 Å². The maximum atomic E-state index is 12.4. The molecule has 0 radical (unpaired) electrons. The van der Waals surface area contributed by atoms with Gasteiger partial charge in [-0.3, -0.25) is 14.8 Å². The van der Waals surface area contributed by atoms with E-state index in [1.165, 1.54) is 30.3 Å². The normalized spacial score (nSPS) is 10.9. The minimum atomic E-state index is -3.83. The Morgan fingerprint density at radius 2 is 1.90 bits per heavy atom. The highest BCUT2D eigenvalue weighted by Crippen LogP contribution is 2.23. The second-order valence-electron chi connectivity index (χ2n) is 6.17. The molecule has 0 aliphatic carbocycles. The molecule has 2 aromatic carbocycles. The minimum absolute atomic E-state index is 0.0156. The number of carbonyl (C=O) groups excluding carboxylic acids is 1. The Bertz CT molecular complexity index is 1200. The van der Waals surface area contributed by atoms with Gasteiger partial charge in [-0.05, 0) is 55.5 Å². The van der Waals surface area contributed by atoms with Gasteiger partial charge in [0.2, 0.25) is 0 Å². The van der Waals surface area contributed by atoms with Crippen LogP contribution in [0.2, 0.25) is 5.02 Å². The molecule has 3 N–H and O–H groups in total. The zero-order valence-corrected chi connectivity index (χ0v) is 18.5. The molecule has 0 aliphatic heterocycles. The van der Waals surface area contributed by atoms with E-state index in [0.29, 0.717) is 22.2 Å². The van der Waals surface area contributed by atoms with Crippen molar-refractivity contribution in [2.24, 2.45) is 0 Å². The van der Waals surface area contributed by atoms with Crippen molar-refractivity contribution in [1.29, 1.82) is 0 Å². The lowest BCUT2D eigenvalue weighted by molar-refractivity contribution is -0.121. The van der Waals surface area contributed by atoms with Gasteiger partial charge in [-0.2, -0.15) is 0 Å². The fraction of sp³-hybridized carbons (Fsp3) is 0.105. The van der Waals surface area contributed by atoms with Crippen LogP contribution in [0.4, 0.5) is 11.5 Å². The lowest BCUT2D eigenvalue weighted by Gasteiger charge is -2.11. The molecule has 12 heteroatoms. The Hall–Kier alpha value is -3.15. The third-order valence-electron chi connectivity index (χ3n) is 3.74. The molecule has 1 heterocycles. The first-order valence-electron chi connectivity index (χ1n) is 8.77. The summed E-state index contributed by atoms with van der Waals surface area (Å²) in [6.45, 7) is 1.37. The number of rotatable bonds is 7.